The Hall–Kier alpha value is -2.86. The topological polar surface area (TPSA) is 80.6 Å². The van der Waals surface area contributed by atoms with Gasteiger partial charge in [0.15, 0.2) is 0 Å². The Morgan fingerprint density at radius 3 is 2.67 bits per heavy atom. The zero-order valence-corrected chi connectivity index (χ0v) is 17.5. The Kier molecular flexibility index (Phi) is 8.27. The maximum Gasteiger partial charge on any atom is 0.267 e. The fourth-order valence-electron chi connectivity index (χ4n) is 3.54. The summed E-state index contributed by atoms with van der Waals surface area (Å²) in [6, 6.07) is 10.7. The molecule has 6 nitrogen and oxygen atoms in total. The van der Waals surface area contributed by atoms with Crippen LogP contribution in [0.5, 0.6) is 0 Å². The Balaban J connectivity index is 1.54. The van der Waals surface area contributed by atoms with Gasteiger partial charge in [-0.05, 0) is 49.9 Å². The Morgan fingerprint density at radius 1 is 1.13 bits per heavy atom. The van der Waals surface area contributed by atoms with Crippen molar-refractivity contribution < 1.29 is 18.7 Å². The van der Waals surface area contributed by atoms with Crippen LogP contribution in [-0.2, 0) is 9.53 Å². The lowest BCUT2D eigenvalue weighted by atomic mass is 9.98. The van der Waals surface area contributed by atoms with Crippen molar-refractivity contribution in [2.45, 2.75) is 51.6 Å². The van der Waals surface area contributed by atoms with Gasteiger partial charge in [0.25, 0.3) is 11.8 Å². The molecule has 2 aromatic rings. The minimum Gasteiger partial charge on any atom is -0.465 e. The van der Waals surface area contributed by atoms with Crippen molar-refractivity contribution in [3.63, 3.8) is 0 Å². The van der Waals surface area contributed by atoms with Crippen molar-refractivity contribution in [1.82, 2.24) is 10.6 Å². The first-order valence-corrected chi connectivity index (χ1v) is 10.7. The summed E-state index contributed by atoms with van der Waals surface area (Å²) >= 11 is 0. The van der Waals surface area contributed by atoms with Crippen LogP contribution in [0.3, 0.4) is 0 Å². The first-order valence-electron chi connectivity index (χ1n) is 10.7. The van der Waals surface area contributed by atoms with Gasteiger partial charge >= 0.3 is 0 Å². The molecule has 0 bridgehead atoms. The lowest BCUT2D eigenvalue weighted by Crippen LogP contribution is -2.35. The number of aryl methyl sites for hydroxylation is 1. The predicted octanol–water partition coefficient (Wildman–Crippen LogP) is 4.21. The average molecular weight is 411 g/mol. The molecule has 0 spiro atoms. The van der Waals surface area contributed by atoms with E-state index in [-0.39, 0.29) is 17.5 Å². The minimum atomic E-state index is -0.356. The van der Waals surface area contributed by atoms with E-state index in [1.165, 1.54) is 31.6 Å². The molecule has 2 amide bonds. The highest BCUT2D eigenvalue weighted by Gasteiger charge is 2.17. The van der Waals surface area contributed by atoms with Crippen molar-refractivity contribution in [3.8, 4) is 0 Å². The molecular formula is C24H30N2O4. The first kappa shape index (κ1) is 21.8. The molecule has 1 heterocycles. The second-order valence-electron chi connectivity index (χ2n) is 7.58. The molecule has 1 aliphatic rings. The molecule has 1 aromatic carbocycles. The highest BCUT2D eigenvalue weighted by Crippen LogP contribution is 2.20. The van der Waals surface area contributed by atoms with Crippen LogP contribution in [0.15, 0.2) is 52.8 Å². The summed E-state index contributed by atoms with van der Waals surface area (Å²) < 4.78 is 11.2. The molecule has 0 radical (unpaired) electrons. The van der Waals surface area contributed by atoms with Crippen LogP contribution in [0.4, 0.5) is 0 Å². The van der Waals surface area contributed by atoms with E-state index in [0.717, 1.165) is 24.8 Å². The summed E-state index contributed by atoms with van der Waals surface area (Å²) in [6.07, 6.45) is 10.2. The van der Waals surface area contributed by atoms with Gasteiger partial charge in [0.05, 0.1) is 12.4 Å². The van der Waals surface area contributed by atoms with Gasteiger partial charge in [-0.3, -0.25) is 9.59 Å². The van der Waals surface area contributed by atoms with Crippen molar-refractivity contribution >= 4 is 17.9 Å². The number of amides is 2. The third-order valence-electron chi connectivity index (χ3n) is 5.22. The standard InChI is InChI=1S/C24H30N2O4/c1-18-9-5-6-13-21(18)23(27)26-22(17-20-12-7-15-30-20)24(28)25-14-8-16-29-19-10-3-2-4-11-19/h5-7,9,12-13,15,17,19H,2-4,8,10-11,14,16H2,1H3,(H,25,28)(H,26,27)/b22-17-. The molecule has 30 heavy (non-hydrogen) atoms. The molecule has 2 N–H and O–H groups in total. The summed E-state index contributed by atoms with van der Waals surface area (Å²) in [7, 11) is 0. The summed E-state index contributed by atoms with van der Waals surface area (Å²) in [5, 5.41) is 5.58. The van der Waals surface area contributed by atoms with Crippen LogP contribution in [-0.4, -0.2) is 31.1 Å². The summed E-state index contributed by atoms with van der Waals surface area (Å²) in [5.74, 6) is -0.196. The number of nitrogens with one attached hydrogen (secondary N) is 2. The van der Waals surface area contributed by atoms with E-state index >= 15 is 0 Å². The monoisotopic (exact) mass is 410 g/mol. The SMILES string of the molecule is Cc1ccccc1C(=O)N/C(=C\c1ccco1)C(=O)NCCCOC1CCCCC1. The molecule has 1 aliphatic carbocycles. The zero-order chi connectivity index (χ0) is 21.2. The highest BCUT2D eigenvalue weighted by molar-refractivity contribution is 6.05. The van der Waals surface area contributed by atoms with Gasteiger partial charge < -0.3 is 19.8 Å². The normalized spacial score (nSPS) is 15.0. The molecule has 1 saturated carbocycles. The van der Waals surface area contributed by atoms with E-state index in [1.807, 2.05) is 19.1 Å². The van der Waals surface area contributed by atoms with Crippen molar-refractivity contribution in [1.29, 1.82) is 0 Å². The lowest BCUT2D eigenvalue weighted by molar-refractivity contribution is -0.117. The van der Waals surface area contributed by atoms with Crippen molar-refractivity contribution in [2.75, 3.05) is 13.2 Å². The number of benzene rings is 1. The van der Waals surface area contributed by atoms with Gasteiger partial charge in [0.2, 0.25) is 0 Å². The molecule has 0 atom stereocenters. The molecule has 1 fully saturated rings. The zero-order valence-electron chi connectivity index (χ0n) is 17.5. The minimum absolute atomic E-state index is 0.145. The average Bonchev–Trinajstić information content (AvgIpc) is 3.27. The van der Waals surface area contributed by atoms with Gasteiger partial charge in [-0.2, -0.15) is 0 Å². The second kappa shape index (κ2) is 11.4. The van der Waals surface area contributed by atoms with Crippen LogP contribution in [0.2, 0.25) is 0 Å². The molecule has 1 aromatic heterocycles. The summed E-state index contributed by atoms with van der Waals surface area (Å²) in [4.78, 5) is 25.4. The van der Waals surface area contributed by atoms with E-state index in [4.69, 9.17) is 9.15 Å². The predicted molar refractivity (Wildman–Crippen MR) is 116 cm³/mol. The Bertz CT molecular complexity index is 852. The van der Waals surface area contributed by atoms with Crippen molar-refractivity contribution in [3.05, 3.63) is 65.2 Å². The van der Waals surface area contributed by atoms with Crippen LogP contribution < -0.4 is 10.6 Å². The number of furan rings is 1. The second-order valence-corrected chi connectivity index (χ2v) is 7.58. The number of ether oxygens (including phenoxy) is 1. The Morgan fingerprint density at radius 2 is 1.93 bits per heavy atom. The largest absolute Gasteiger partial charge is 0.465 e. The van der Waals surface area contributed by atoms with E-state index in [2.05, 4.69) is 10.6 Å². The number of rotatable bonds is 9. The Labute approximate surface area is 177 Å². The van der Waals surface area contributed by atoms with Gasteiger partial charge in [0.1, 0.15) is 11.5 Å². The maximum atomic E-state index is 12.7. The fourth-order valence-corrected chi connectivity index (χ4v) is 3.54. The smallest absolute Gasteiger partial charge is 0.267 e. The quantitative estimate of drug-likeness (QED) is 0.479. The number of hydrogen-bond donors (Lipinski definition) is 2. The third-order valence-corrected chi connectivity index (χ3v) is 5.22. The molecule has 6 heteroatoms. The number of carbonyl (C=O) groups excluding carboxylic acids is 2. The fraction of sp³-hybridized carbons (Fsp3) is 0.417. The first-order chi connectivity index (χ1) is 14.6. The van der Waals surface area contributed by atoms with E-state index in [0.29, 0.717) is 30.6 Å². The van der Waals surface area contributed by atoms with Crippen molar-refractivity contribution in [2.24, 2.45) is 0 Å². The highest BCUT2D eigenvalue weighted by atomic mass is 16.5. The van der Waals surface area contributed by atoms with Crippen LogP contribution >= 0.6 is 0 Å². The van der Waals surface area contributed by atoms with E-state index in [1.54, 1.807) is 24.3 Å². The molecule has 0 unspecified atom stereocenters. The lowest BCUT2D eigenvalue weighted by Gasteiger charge is -2.22. The number of carbonyl (C=O) groups is 2. The molecule has 3 rings (SSSR count). The van der Waals surface area contributed by atoms with Gasteiger partial charge in [-0.15, -0.1) is 0 Å². The maximum absolute atomic E-state index is 12.7. The van der Waals surface area contributed by atoms with E-state index in [9.17, 15) is 9.59 Å². The van der Waals surface area contributed by atoms with Crippen LogP contribution in [0, 0.1) is 6.92 Å². The van der Waals surface area contributed by atoms with Gasteiger partial charge in [-0.1, -0.05) is 37.5 Å². The van der Waals surface area contributed by atoms with Crippen LogP contribution in [0.25, 0.3) is 6.08 Å². The molecule has 160 valence electrons. The van der Waals surface area contributed by atoms with Gasteiger partial charge in [-0.25, -0.2) is 0 Å². The molecular weight excluding hydrogens is 380 g/mol. The van der Waals surface area contributed by atoms with Crippen LogP contribution in [0.1, 0.15) is 60.2 Å². The summed E-state index contributed by atoms with van der Waals surface area (Å²) in [5.41, 5.74) is 1.51. The number of hydrogen-bond acceptors (Lipinski definition) is 4. The molecule has 0 aliphatic heterocycles. The van der Waals surface area contributed by atoms with Gasteiger partial charge in [0, 0.05) is 24.8 Å². The summed E-state index contributed by atoms with van der Waals surface area (Å²) in [6.45, 7) is 2.95. The third kappa shape index (κ3) is 6.59. The molecule has 0 saturated heterocycles. The van der Waals surface area contributed by atoms with E-state index < -0.39 is 0 Å².